The van der Waals surface area contributed by atoms with Crippen molar-refractivity contribution in [2.45, 2.75) is 12.8 Å². The molecule has 0 spiro atoms. The zero-order chi connectivity index (χ0) is 14.7. The first-order chi connectivity index (χ1) is 10.3. The Hall–Kier alpha value is 0.300. The van der Waals surface area contributed by atoms with Gasteiger partial charge in [0.25, 0.3) is 0 Å². The van der Waals surface area contributed by atoms with Gasteiger partial charge in [0.05, 0.1) is 0 Å². The smallest absolute Gasteiger partial charge is 0.197 e. The summed E-state index contributed by atoms with van der Waals surface area (Å²) in [5.74, 6) is 3.88. The highest BCUT2D eigenvalue weighted by Crippen LogP contribution is 2.36. The molecule has 21 heavy (non-hydrogen) atoms. The SMILES string of the molecule is O=C(c1nnc(C(=O)C2CCSSC2)s1)C1CCSSC1. The van der Waals surface area contributed by atoms with E-state index in [1.54, 1.807) is 21.6 Å². The van der Waals surface area contributed by atoms with Crippen LogP contribution in [0.2, 0.25) is 0 Å². The minimum Gasteiger partial charge on any atom is -0.291 e. The average molecular weight is 379 g/mol. The zero-order valence-electron chi connectivity index (χ0n) is 11.1. The molecule has 3 rings (SSSR count). The molecule has 2 fully saturated rings. The number of Topliss-reactive ketones (excluding diaryl/α,β-unsaturated/α-hetero) is 2. The van der Waals surface area contributed by atoms with E-state index in [9.17, 15) is 9.59 Å². The van der Waals surface area contributed by atoms with Crippen molar-refractivity contribution in [3.8, 4) is 0 Å². The fraction of sp³-hybridized carbons (Fsp3) is 0.667. The third kappa shape index (κ3) is 3.99. The van der Waals surface area contributed by atoms with E-state index in [0.29, 0.717) is 10.0 Å². The fourth-order valence-corrected chi connectivity index (χ4v) is 7.99. The van der Waals surface area contributed by atoms with Crippen LogP contribution in [0.4, 0.5) is 0 Å². The van der Waals surface area contributed by atoms with Gasteiger partial charge in [0.1, 0.15) is 0 Å². The van der Waals surface area contributed by atoms with Crippen LogP contribution in [0.5, 0.6) is 0 Å². The van der Waals surface area contributed by atoms with Gasteiger partial charge in [-0.2, -0.15) is 0 Å². The minimum absolute atomic E-state index is 0.0359. The van der Waals surface area contributed by atoms with Gasteiger partial charge in [-0.15, -0.1) is 10.2 Å². The summed E-state index contributed by atoms with van der Waals surface area (Å²) >= 11 is 1.18. The number of rotatable bonds is 4. The van der Waals surface area contributed by atoms with E-state index >= 15 is 0 Å². The number of nitrogens with zero attached hydrogens (tertiary/aromatic N) is 2. The molecule has 0 aliphatic carbocycles. The molecule has 0 saturated carbocycles. The lowest BCUT2D eigenvalue weighted by molar-refractivity contribution is 0.0920. The number of carbonyl (C=O) groups is 2. The number of hydrogen-bond acceptors (Lipinski definition) is 9. The third-order valence-corrected chi connectivity index (χ3v) is 9.38. The molecule has 114 valence electrons. The average Bonchev–Trinajstić information content (AvgIpc) is 3.05. The standard InChI is InChI=1S/C12H14N2O2S5/c15-9(7-1-3-17-19-5-7)11-13-14-12(21-11)10(16)8-2-4-18-20-6-8/h7-8H,1-6H2. The molecular weight excluding hydrogens is 364 g/mol. The van der Waals surface area contributed by atoms with Crippen LogP contribution in [0.25, 0.3) is 0 Å². The summed E-state index contributed by atoms with van der Waals surface area (Å²) in [6.07, 6.45) is 1.80. The van der Waals surface area contributed by atoms with Crippen molar-refractivity contribution in [2.24, 2.45) is 11.8 Å². The summed E-state index contributed by atoms with van der Waals surface area (Å²) in [5.41, 5.74) is 0. The lowest BCUT2D eigenvalue weighted by atomic mass is 10.0. The fourth-order valence-electron chi connectivity index (χ4n) is 2.11. The molecule has 0 aromatic carbocycles. The summed E-state index contributed by atoms with van der Waals surface area (Å²) in [7, 11) is 7.11. The Bertz CT molecular complexity index is 479. The van der Waals surface area contributed by atoms with Crippen LogP contribution in [0.15, 0.2) is 0 Å². The van der Waals surface area contributed by atoms with E-state index in [1.165, 1.54) is 11.3 Å². The van der Waals surface area contributed by atoms with E-state index in [2.05, 4.69) is 10.2 Å². The molecule has 0 N–H and O–H groups in total. The van der Waals surface area contributed by atoms with E-state index in [-0.39, 0.29) is 23.4 Å². The topological polar surface area (TPSA) is 59.9 Å². The minimum atomic E-state index is 0.0359. The molecule has 0 bridgehead atoms. The van der Waals surface area contributed by atoms with Crippen LogP contribution in [0.3, 0.4) is 0 Å². The Morgan fingerprint density at radius 1 is 0.810 bits per heavy atom. The Labute approximate surface area is 143 Å². The molecule has 2 atom stereocenters. The van der Waals surface area contributed by atoms with Crippen LogP contribution in [0.1, 0.15) is 32.4 Å². The monoisotopic (exact) mass is 378 g/mol. The van der Waals surface area contributed by atoms with Crippen molar-refractivity contribution in [1.82, 2.24) is 10.2 Å². The molecule has 2 saturated heterocycles. The molecule has 4 nitrogen and oxygen atoms in total. The van der Waals surface area contributed by atoms with Crippen LogP contribution in [0, 0.1) is 11.8 Å². The Kier molecular flexibility index (Phi) is 5.94. The Morgan fingerprint density at radius 3 is 1.67 bits per heavy atom. The molecule has 1 aromatic heterocycles. The second kappa shape index (κ2) is 7.72. The van der Waals surface area contributed by atoms with Gasteiger partial charge in [0.15, 0.2) is 21.6 Å². The largest absolute Gasteiger partial charge is 0.291 e. The second-order valence-electron chi connectivity index (χ2n) is 4.83. The van der Waals surface area contributed by atoms with Crippen molar-refractivity contribution in [3.05, 3.63) is 10.0 Å². The molecule has 3 heterocycles. The molecule has 9 heteroatoms. The van der Waals surface area contributed by atoms with Gasteiger partial charge < -0.3 is 0 Å². The first-order valence-corrected chi connectivity index (χ1v) is 12.5. The first kappa shape index (κ1) is 16.2. The van der Waals surface area contributed by atoms with Crippen LogP contribution >= 0.6 is 54.5 Å². The van der Waals surface area contributed by atoms with E-state index in [0.717, 1.165) is 35.9 Å². The summed E-state index contributed by atoms with van der Waals surface area (Å²) in [4.78, 5) is 24.8. The molecular formula is C12H14N2O2S5. The van der Waals surface area contributed by atoms with Crippen molar-refractivity contribution in [1.29, 1.82) is 0 Å². The molecule has 0 radical (unpaired) electrons. The normalized spacial score (nSPS) is 26.5. The van der Waals surface area contributed by atoms with Gasteiger partial charge in [-0.1, -0.05) is 54.5 Å². The predicted octanol–water partition coefficient (Wildman–Crippen LogP) is 3.71. The quantitative estimate of drug-likeness (QED) is 0.580. The molecule has 2 aliphatic rings. The lowest BCUT2D eigenvalue weighted by Gasteiger charge is -2.18. The Morgan fingerprint density at radius 2 is 1.29 bits per heavy atom. The first-order valence-electron chi connectivity index (χ1n) is 6.66. The van der Waals surface area contributed by atoms with Crippen LogP contribution in [-0.4, -0.2) is 44.8 Å². The highest BCUT2D eigenvalue weighted by atomic mass is 33.1. The van der Waals surface area contributed by atoms with Crippen molar-refractivity contribution < 1.29 is 9.59 Å². The third-order valence-electron chi connectivity index (χ3n) is 3.39. The summed E-state index contributed by atoms with van der Waals surface area (Å²) in [6.45, 7) is 0. The maximum atomic E-state index is 12.4. The maximum absolute atomic E-state index is 12.4. The molecule has 0 amide bonds. The molecule has 2 aliphatic heterocycles. The van der Waals surface area contributed by atoms with E-state index in [1.807, 2.05) is 21.6 Å². The summed E-state index contributed by atoms with van der Waals surface area (Å²) in [5, 5.41) is 8.78. The number of aromatic nitrogens is 2. The van der Waals surface area contributed by atoms with E-state index < -0.39 is 0 Å². The van der Waals surface area contributed by atoms with Crippen molar-refractivity contribution in [3.63, 3.8) is 0 Å². The van der Waals surface area contributed by atoms with Crippen LogP contribution in [-0.2, 0) is 0 Å². The lowest BCUT2D eigenvalue weighted by Crippen LogP contribution is -2.20. The van der Waals surface area contributed by atoms with Crippen molar-refractivity contribution >= 4 is 66.1 Å². The maximum Gasteiger partial charge on any atom is 0.197 e. The van der Waals surface area contributed by atoms with Gasteiger partial charge in [-0.25, -0.2) is 0 Å². The van der Waals surface area contributed by atoms with Gasteiger partial charge >= 0.3 is 0 Å². The zero-order valence-corrected chi connectivity index (χ0v) is 15.2. The van der Waals surface area contributed by atoms with Gasteiger partial charge in [-0.3, -0.25) is 9.59 Å². The number of ketones is 2. The van der Waals surface area contributed by atoms with Gasteiger partial charge in [-0.05, 0) is 12.8 Å². The molecule has 1 aromatic rings. The number of carbonyl (C=O) groups excluding carboxylic acids is 2. The highest BCUT2D eigenvalue weighted by molar-refractivity contribution is 8.77. The van der Waals surface area contributed by atoms with Crippen molar-refractivity contribution in [2.75, 3.05) is 23.0 Å². The van der Waals surface area contributed by atoms with E-state index in [4.69, 9.17) is 0 Å². The Balaban J connectivity index is 1.67. The van der Waals surface area contributed by atoms with Crippen LogP contribution < -0.4 is 0 Å². The predicted molar refractivity (Wildman–Crippen MR) is 94.6 cm³/mol. The van der Waals surface area contributed by atoms with Gasteiger partial charge in [0, 0.05) is 34.8 Å². The highest BCUT2D eigenvalue weighted by Gasteiger charge is 2.30. The van der Waals surface area contributed by atoms with Gasteiger partial charge in [0.2, 0.25) is 0 Å². The second-order valence-corrected chi connectivity index (χ2v) is 11.1. The number of hydrogen-bond donors (Lipinski definition) is 0. The summed E-state index contributed by atoms with van der Waals surface area (Å²) in [6, 6.07) is 0. The summed E-state index contributed by atoms with van der Waals surface area (Å²) < 4.78 is 0. The molecule has 2 unspecified atom stereocenters.